The molecular formula is C14H16F3NO2S. The van der Waals surface area contributed by atoms with Gasteiger partial charge in [0.05, 0.1) is 16.5 Å². The predicted molar refractivity (Wildman–Crippen MR) is 73.0 cm³/mol. The van der Waals surface area contributed by atoms with Gasteiger partial charge in [0.25, 0.3) is 0 Å². The number of alkyl halides is 3. The molecule has 21 heavy (non-hydrogen) atoms. The minimum absolute atomic E-state index is 0.143. The number of halogens is 3. The molecule has 0 saturated heterocycles. The van der Waals surface area contributed by atoms with Crippen LogP contribution in [0.3, 0.4) is 0 Å². The molecule has 1 fully saturated rings. The summed E-state index contributed by atoms with van der Waals surface area (Å²) >= 11 is 1.26. The summed E-state index contributed by atoms with van der Waals surface area (Å²) in [6.45, 7) is 2.06. The summed E-state index contributed by atoms with van der Waals surface area (Å²) in [7, 11) is 0. The van der Waals surface area contributed by atoms with E-state index in [9.17, 15) is 23.1 Å². The van der Waals surface area contributed by atoms with E-state index in [4.69, 9.17) is 0 Å². The van der Waals surface area contributed by atoms with Gasteiger partial charge >= 0.3 is 12.1 Å². The maximum absolute atomic E-state index is 12.5. The van der Waals surface area contributed by atoms with Gasteiger partial charge in [-0.2, -0.15) is 13.2 Å². The number of carbonyl (C=O) groups is 1. The Kier molecular flexibility index (Phi) is 4.81. The van der Waals surface area contributed by atoms with Gasteiger partial charge in [0, 0.05) is 11.4 Å². The van der Waals surface area contributed by atoms with E-state index in [0.717, 1.165) is 25.1 Å². The van der Waals surface area contributed by atoms with Gasteiger partial charge in [-0.15, -0.1) is 11.8 Å². The van der Waals surface area contributed by atoms with Crippen LogP contribution in [0, 0.1) is 11.8 Å². The SMILES string of the molecule is CC1CCC(C(=O)O)C(Sc2ccc(C(F)(F)F)cn2)C1. The lowest BCUT2D eigenvalue weighted by Crippen LogP contribution is -2.32. The van der Waals surface area contributed by atoms with E-state index >= 15 is 0 Å². The third kappa shape index (κ3) is 4.12. The summed E-state index contributed by atoms with van der Waals surface area (Å²) in [5.74, 6) is -0.880. The maximum Gasteiger partial charge on any atom is 0.417 e. The van der Waals surface area contributed by atoms with Crippen LogP contribution in [-0.4, -0.2) is 21.3 Å². The number of nitrogens with zero attached hydrogens (tertiary/aromatic N) is 1. The number of aromatic nitrogens is 1. The Labute approximate surface area is 125 Å². The molecule has 1 heterocycles. The largest absolute Gasteiger partial charge is 0.481 e. The number of hydrogen-bond donors (Lipinski definition) is 1. The molecule has 0 bridgehead atoms. The van der Waals surface area contributed by atoms with Crippen molar-refractivity contribution in [2.45, 2.75) is 42.6 Å². The van der Waals surface area contributed by atoms with E-state index in [-0.39, 0.29) is 5.25 Å². The van der Waals surface area contributed by atoms with Crippen LogP contribution in [0.15, 0.2) is 23.4 Å². The monoisotopic (exact) mass is 319 g/mol. The molecule has 1 aromatic heterocycles. The lowest BCUT2D eigenvalue weighted by atomic mass is 9.82. The zero-order valence-electron chi connectivity index (χ0n) is 11.4. The van der Waals surface area contributed by atoms with E-state index < -0.39 is 23.6 Å². The summed E-state index contributed by atoms with van der Waals surface area (Å²) in [5.41, 5.74) is -0.793. The molecule has 0 spiro atoms. The zero-order chi connectivity index (χ0) is 15.6. The fourth-order valence-electron chi connectivity index (χ4n) is 2.51. The molecule has 0 aromatic carbocycles. The molecule has 3 unspecified atom stereocenters. The second-order valence-electron chi connectivity index (χ2n) is 5.40. The highest BCUT2D eigenvalue weighted by Gasteiger charge is 2.35. The smallest absolute Gasteiger partial charge is 0.417 e. The third-order valence-electron chi connectivity index (χ3n) is 3.71. The summed E-state index contributed by atoms with van der Waals surface area (Å²) in [5, 5.41) is 9.54. The van der Waals surface area contributed by atoms with Crippen LogP contribution in [0.4, 0.5) is 13.2 Å². The highest BCUT2D eigenvalue weighted by atomic mass is 32.2. The fourth-order valence-corrected chi connectivity index (χ4v) is 3.93. The van der Waals surface area contributed by atoms with E-state index in [1.165, 1.54) is 17.8 Å². The molecular weight excluding hydrogens is 303 g/mol. The number of aliphatic carboxylic acids is 1. The molecule has 1 saturated carbocycles. The van der Waals surface area contributed by atoms with Gasteiger partial charge in [-0.3, -0.25) is 4.79 Å². The van der Waals surface area contributed by atoms with Crippen LogP contribution >= 0.6 is 11.8 Å². The lowest BCUT2D eigenvalue weighted by molar-refractivity contribution is -0.142. The van der Waals surface area contributed by atoms with Crippen LogP contribution in [0.2, 0.25) is 0 Å². The van der Waals surface area contributed by atoms with Gasteiger partial charge in [-0.1, -0.05) is 6.92 Å². The molecule has 0 radical (unpaired) electrons. The first kappa shape index (κ1) is 16.1. The van der Waals surface area contributed by atoms with Crippen molar-refractivity contribution in [1.29, 1.82) is 0 Å². The van der Waals surface area contributed by atoms with Crippen molar-refractivity contribution < 1.29 is 23.1 Å². The Morgan fingerprint density at radius 1 is 1.38 bits per heavy atom. The van der Waals surface area contributed by atoms with Crippen molar-refractivity contribution in [3.63, 3.8) is 0 Å². The fraction of sp³-hybridized carbons (Fsp3) is 0.571. The van der Waals surface area contributed by atoms with Crippen molar-refractivity contribution in [2.75, 3.05) is 0 Å². The number of carboxylic acid groups (broad SMARTS) is 1. The van der Waals surface area contributed by atoms with Crippen LogP contribution in [0.5, 0.6) is 0 Å². The quantitative estimate of drug-likeness (QED) is 0.912. The van der Waals surface area contributed by atoms with Crippen molar-refractivity contribution in [2.24, 2.45) is 11.8 Å². The van der Waals surface area contributed by atoms with Crippen molar-refractivity contribution in [1.82, 2.24) is 4.98 Å². The molecule has 1 aliphatic carbocycles. The highest BCUT2D eigenvalue weighted by molar-refractivity contribution is 7.99. The van der Waals surface area contributed by atoms with E-state index in [2.05, 4.69) is 11.9 Å². The number of carboxylic acids is 1. The molecule has 116 valence electrons. The lowest BCUT2D eigenvalue weighted by Gasteiger charge is -2.31. The normalized spacial score (nSPS) is 26.6. The van der Waals surface area contributed by atoms with Gasteiger partial charge < -0.3 is 5.11 Å². The molecule has 2 rings (SSSR count). The Balaban J connectivity index is 2.10. The molecule has 1 N–H and O–H groups in total. The zero-order valence-corrected chi connectivity index (χ0v) is 12.2. The minimum Gasteiger partial charge on any atom is -0.481 e. The van der Waals surface area contributed by atoms with Crippen molar-refractivity contribution in [3.05, 3.63) is 23.9 Å². The predicted octanol–water partition coefficient (Wildman–Crippen LogP) is 4.08. The number of rotatable bonds is 3. The van der Waals surface area contributed by atoms with Gasteiger partial charge in [-0.25, -0.2) is 4.98 Å². The van der Waals surface area contributed by atoms with Gasteiger partial charge in [0.15, 0.2) is 0 Å². The van der Waals surface area contributed by atoms with Crippen LogP contribution in [0.1, 0.15) is 31.7 Å². The first-order chi connectivity index (χ1) is 9.77. The highest BCUT2D eigenvalue weighted by Crippen LogP contribution is 2.40. The summed E-state index contributed by atoms with van der Waals surface area (Å²) in [6.07, 6.45) is -1.39. The molecule has 0 aliphatic heterocycles. The molecule has 3 atom stereocenters. The van der Waals surface area contributed by atoms with Gasteiger partial charge in [0.1, 0.15) is 0 Å². The van der Waals surface area contributed by atoms with E-state index in [1.54, 1.807) is 0 Å². The van der Waals surface area contributed by atoms with Crippen molar-refractivity contribution in [3.8, 4) is 0 Å². The molecule has 1 aliphatic rings. The van der Waals surface area contributed by atoms with Gasteiger partial charge in [0.2, 0.25) is 0 Å². The summed E-state index contributed by atoms with van der Waals surface area (Å²) in [4.78, 5) is 15.1. The molecule has 7 heteroatoms. The van der Waals surface area contributed by atoms with Crippen LogP contribution in [-0.2, 0) is 11.0 Å². The van der Waals surface area contributed by atoms with Crippen LogP contribution in [0.25, 0.3) is 0 Å². The summed E-state index contributed by atoms with van der Waals surface area (Å²) in [6, 6.07) is 2.29. The number of pyridine rings is 1. The number of thioether (sulfide) groups is 1. The van der Waals surface area contributed by atoms with E-state index in [0.29, 0.717) is 17.4 Å². The average Bonchev–Trinajstić information content (AvgIpc) is 2.38. The first-order valence-electron chi connectivity index (χ1n) is 6.70. The summed E-state index contributed by atoms with van der Waals surface area (Å²) < 4.78 is 37.4. The molecule has 3 nitrogen and oxygen atoms in total. The Bertz CT molecular complexity index is 504. The van der Waals surface area contributed by atoms with Crippen LogP contribution < -0.4 is 0 Å². The van der Waals surface area contributed by atoms with E-state index in [1.807, 2.05) is 0 Å². The molecule has 0 amide bonds. The maximum atomic E-state index is 12.5. The second kappa shape index (κ2) is 6.25. The molecule has 1 aromatic rings. The minimum atomic E-state index is -4.40. The Morgan fingerprint density at radius 2 is 2.10 bits per heavy atom. The first-order valence-corrected chi connectivity index (χ1v) is 7.58. The van der Waals surface area contributed by atoms with Gasteiger partial charge in [-0.05, 0) is 37.3 Å². The second-order valence-corrected chi connectivity index (χ2v) is 6.66. The average molecular weight is 319 g/mol. The topological polar surface area (TPSA) is 50.2 Å². The third-order valence-corrected chi connectivity index (χ3v) is 5.01. The standard InChI is InChI=1S/C14H16F3NO2S/c1-8-2-4-10(13(19)20)11(6-8)21-12-5-3-9(7-18-12)14(15,16)17/h3,5,7-8,10-11H,2,4,6H2,1H3,(H,19,20). The Morgan fingerprint density at radius 3 is 2.62 bits per heavy atom. The number of hydrogen-bond acceptors (Lipinski definition) is 3. The Hall–Kier alpha value is -1.24. The van der Waals surface area contributed by atoms with Crippen molar-refractivity contribution >= 4 is 17.7 Å².